The lowest BCUT2D eigenvalue weighted by molar-refractivity contribution is -0.137. The molecule has 112 valence electrons. The van der Waals surface area contributed by atoms with Crippen molar-refractivity contribution in [3.63, 3.8) is 0 Å². The molecule has 1 aromatic rings. The van der Waals surface area contributed by atoms with Gasteiger partial charge in [-0.05, 0) is 44.6 Å². The van der Waals surface area contributed by atoms with Gasteiger partial charge in [0.2, 0.25) is 0 Å². The average molecular weight is 287 g/mol. The Balaban J connectivity index is 2.11. The summed E-state index contributed by atoms with van der Waals surface area (Å²) in [7, 11) is 4.05. The van der Waals surface area contributed by atoms with Crippen LogP contribution in [0.2, 0.25) is 0 Å². The van der Waals surface area contributed by atoms with Crippen molar-refractivity contribution in [1.82, 2.24) is 4.90 Å². The van der Waals surface area contributed by atoms with Crippen LogP contribution in [-0.2, 0) is 6.18 Å². The zero-order chi connectivity index (χ0) is 14.9. The van der Waals surface area contributed by atoms with Gasteiger partial charge in [0.15, 0.2) is 0 Å². The first-order valence-electron chi connectivity index (χ1n) is 6.64. The molecule has 1 heterocycles. The number of hydrogen-bond donors (Lipinski definition) is 1. The minimum absolute atomic E-state index is 0.199. The highest BCUT2D eigenvalue weighted by molar-refractivity contribution is 5.69. The molecular formula is C14H20F3N3. The van der Waals surface area contributed by atoms with Crippen molar-refractivity contribution < 1.29 is 13.2 Å². The summed E-state index contributed by atoms with van der Waals surface area (Å²) >= 11 is 0. The summed E-state index contributed by atoms with van der Waals surface area (Å²) in [6.45, 7) is 2.67. The minimum Gasteiger partial charge on any atom is -0.397 e. The van der Waals surface area contributed by atoms with Crippen LogP contribution in [0.3, 0.4) is 0 Å². The van der Waals surface area contributed by atoms with Gasteiger partial charge in [-0.25, -0.2) is 0 Å². The number of alkyl halides is 3. The first kappa shape index (κ1) is 15.0. The molecule has 0 saturated carbocycles. The van der Waals surface area contributed by atoms with Crippen molar-refractivity contribution in [1.29, 1.82) is 0 Å². The second kappa shape index (κ2) is 5.52. The summed E-state index contributed by atoms with van der Waals surface area (Å²) in [5, 5.41) is 0. The fourth-order valence-electron chi connectivity index (χ4n) is 2.74. The van der Waals surface area contributed by atoms with Crippen LogP contribution in [0.15, 0.2) is 18.2 Å². The summed E-state index contributed by atoms with van der Waals surface area (Å²) in [5.74, 6) is 0.534. The van der Waals surface area contributed by atoms with Gasteiger partial charge in [-0.2, -0.15) is 13.2 Å². The minimum atomic E-state index is -4.34. The molecule has 1 fully saturated rings. The Bertz CT molecular complexity index is 471. The Morgan fingerprint density at radius 3 is 2.60 bits per heavy atom. The van der Waals surface area contributed by atoms with Gasteiger partial charge in [-0.1, -0.05) is 0 Å². The zero-order valence-corrected chi connectivity index (χ0v) is 11.7. The topological polar surface area (TPSA) is 32.5 Å². The number of anilines is 2. The summed E-state index contributed by atoms with van der Waals surface area (Å²) in [6.07, 6.45) is -3.30. The third-order valence-corrected chi connectivity index (χ3v) is 3.60. The first-order valence-corrected chi connectivity index (χ1v) is 6.64. The highest BCUT2D eigenvalue weighted by Crippen LogP contribution is 2.35. The van der Waals surface area contributed by atoms with Gasteiger partial charge in [-0.15, -0.1) is 0 Å². The number of nitrogens with zero attached hydrogens (tertiary/aromatic N) is 2. The van der Waals surface area contributed by atoms with Crippen LogP contribution in [0.25, 0.3) is 0 Å². The lowest BCUT2D eigenvalue weighted by Gasteiger charge is -2.22. The van der Waals surface area contributed by atoms with E-state index in [0.717, 1.165) is 38.2 Å². The van der Waals surface area contributed by atoms with Crippen LogP contribution in [0.5, 0.6) is 0 Å². The van der Waals surface area contributed by atoms with Gasteiger partial charge in [0, 0.05) is 19.6 Å². The molecule has 1 atom stereocenters. The monoisotopic (exact) mass is 287 g/mol. The third kappa shape index (κ3) is 3.36. The molecule has 1 saturated heterocycles. The van der Waals surface area contributed by atoms with E-state index >= 15 is 0 Å². The van der Waals surface area contributed by atoms with E-state index in [1.807, 2.05) is 14.1 Å². The maximum absolute atomic E-state index is 12.6. The van der Waals surface area contributed by atoms with E-state index in [-0.39, 0.29) is 5.69 Å². The second-order valence-electron chi connectivity index (χ2n) is 5.63. The Kier molecular flexibility index (Phi) is 4.13. The SMILES string of the molecule is CN(C)C[C@H]1CCN(c2ccc(C(F)(F)F)cc2N)C1. The van der Waals surface area contributed by atoms with Crippen LogP contribution in [0.1, 0.15) is 12.0 Å². The van der Waals surface area contributed by atoms with E-state index < -0.39 is 11.7 Å². The largest absolute Gasteiger partial charge is 0.416 e. The molecule has 0 amide bonds. The number of benzene rings is 1. The van der Waals surface area contributed by atoms with E-state index in [2.05, 4.69) is 9.80 Å². The highest BCUT2D eigenvalue weighted by Gasteiger charge is 2.32. The van der Waals surface area contributed by atoms with Crippen LogP contribution in [-0.4, -0.2) is 38.6 Å². The molecular weight excluding hydrogens is 267 g/mol. The molecule has 1 aliphatic rings. The van der Waals surface area contributed by atoms with E-state index in [9.17, 15) is 13.2 Å². The summed E-state index contributed by atoms with van der Waals surface area (Å²) in [4.78, 5) is 4.20. The van der Waals surface area contributed by atoms with Gasteiger partial charge >= 0.3 is 6.18 Å². The first-order chi connectivity index (χ1) is 9.27. The van der Waals surface area contributed by atoms with Gasteiger partial charge in [0.05, 0.1) is 16.9 Å². The van der Waals surface area contributed by atoms with E-state index in [4.69, 9.17) is 5.73 Å². The standard InChI is InChI=1S/C14H20F3N3/c1-19(2)8-10-5-6-20(9-10)13-4-3-11(7-12(13)18)14(15,16)17/h3-4,7,10H,5-6,8-9,18H2,1-2H3/t10-/m1/s1. The Morgan fingerprint density at radius 1 is 1.35 bits per heavy atom. The molecule has 1 aromatic carbocycles. The van der Waals surface area contributed by atoms with E-state index in [1.54, 1.807) is 0 Å². The van der Waals surface area contributed by atoms with Gasteiger partial charge in [0.25, 0.3) is 0 Å². The number of nitrogens with two attached hydrogens (primary N) is 1. The number of halogens is 3. The van der Waals surface area contributed by atoms with E-state index in [1.165, 1.54) is 6.07 Å². The average Bonchev–Trinajstić information content (AvgIpc) is 2.75. The summed E-state index contributed by atoms with van der Waals surface area (Å²) < 4.78 is 37.8. The van der Waals surface area contributed by atoms with Crippen molar-refractivity contribution in [2.75, 3.05) is 44.4 Å². The Hall–Kier alpha value is -1.43. The Morgan fingerprint density at radius 2 is 2.05 bits per heavy atom. The highest BCUT2D eigenvalue weighted by atomic mass is 19.4. The van der Waals surface area contributed by atoms with Crippen molar-refractivity contribution in [3.05, 3.63) is 23.8 Å². The molecule has 6 heteroatoms. The molecule has 2 rings (SSSR count). The molecule has 2 N–H and O–H groups in total. The normalized spacial score (nSPS) is 19.9. The molecule has 0 unspecified atom stereocenters. The van der Waals surface area contributed by atoms with Gasteiger partial charge in [-0.3, -0.25) is 0 Å². The lowest BCUT2D eigenvalue weighted by Crippen LogP contribution is -2.26. The predicted octanol–water partition coefficient (Wildman–Crippen LogP) is 2.68. The van der Waals surface area contributed by atoms with Crippen molar-refractivity contribution in [3.8, 4) is 0 Å². The Labute approximate surface area is 117 Å². The van der Waals surface area contributed by atoms with Crippen LogP contribution < -0.4 is 10.6 Å². The number of hydrogen-bond acceptors (Lipinski definition) is 3. The molecule has 0 bridgehead atoms. The fourth-order valence-corrected chi connectivity index (χ4v) is 2.74. The summed E-state index contributed by atoms with van der Waals surface area (Å²) in [6, 6.07) is 3.61. The second-order valence-corrected chi connectivity index (χ2v) is 5.63. The van der Waals surface area contributed by atoms with Gasteiger partial charge in [0.1, 0.15) is 0 Å². The third-order valence-electron chi connectivity index (χ3n) is 3.60. The molecule has 0 spiro atoms. The predicted molar refractivity (Wildman–Crippen MR) is 74.7 cm³/mol. The summed E-state index contributed by atoms with van der Waals surface area (Å²) in [5.41, 5.74) is 6.01. The fraction of sp³-hybridized carbons (Fsp3) is 0.571. The number of rotatable bonds is 3. The molecule has 0 aliphatic carbocycles. The zero-order valence-electron chi connectivity index (χ0n) is 11.7. The van der Waals surface area contributed by atoms with Crippen LogP contribution in [0.4, 0.5) is 24.5 Å². The molecule has 3 nitrogen and oxygen atoms in total. The van der Waals surface area contributed by atoms with Crippen molar-refractivity contribution in [2.45, 2.75) is 12.6 Å². The van der Waals surface area contributed by atoms with E-state index in [0.29, 0.717) is 11.6 Å². The number of nitrogen functional groups attached to an aromatic ring is 1. The van der Waals surface area contributed by atoms with Crippen molar-refractivity contribution >= 4 is 11.4 Å². The maximum atomic E-state index is 12.6. The quantitative estimate of drug-likeness (QED) is 0.868. The maximum Gasteiger partial charge on any atom is 0.416 e. The molecule has 0 aromatic heterocycles. The molecule has 1 aliphatic heterocycles. The van der Waals surface area contributed by atoms with Crippen molar-refractivity contribution in [2.24, 2.45) is 5.92 Å². The van der Waals surface area contributed by atoms with Crippen LogP contribution in [0, 0.1) is 5.92 Å². The lowest BCUT2D eigenvalue weighted by atomic mass is 10.1. The van der Waals surface area contributed by atoms with Gasteiger partial charge < -0.3 is 15.5 Å². The van der Waals surface area contributed by atoms with Crippen LogP contribution >= 0.6 is 0 Å². The molecule has 20 heavy (non-hydrogen) atoms. The molecule has 0 radical (unpaired) electrons. The smallest absolute Gasteiger partial charge is 0.397 e.